The Balaban J connectivity index is 1.98. The largest absolute Gasteiger partial charge is 0.493 e. The van der Waals surface area contributed by atoms with E-state index in [0.29, 0.717) is 21.7 Å². The monoisotopic (exact) mass is 465 g/mol. The summed E-state index contributed by atoms with van der Waals surface area (Å²) in [6.07, 6.45) is 2.92. The van der Waals surface area contributed by atoms with Crippen LogP contribution in [0, 0.1) is 10.1 Å². The highest BCUT2D eigenvalue weighted by Crippen LogP contribution is 2.28. The van der Waals surface area contributed by atoms with Crippen molar-refractivity contribution in [1.29, 1.82) is 0 Å². The van der Waals surface area contributed by atoms with Gasteiger partial charge in [0.25, 0.3) is 5.69 Å². The van der Waals surface area contributed by atoms with Gasteiger partial charge in [-0.15, -0.1) is 0 Å². The van der Waals surface area contributed by atoms with Gasteiger partial charge in [-0.3, -0.25) is 20.2 Å². The maximum absolute atomic E-state index is 12.0. The number of nitrogens with zero attached hydrogens (tertiary/aromatic N) is 1. The molecule has 10 heteroatoms. The summed E-state index contributed by atoms with van der Waals surface area (Å²) in [5.74, 6) is 0.693. The first-order valence-corrected chi connectivity index (χ1v) is 9.00. The highest BCUT2D eigenvalue weighted by Gasteiger charge is 2.10. The van der Waals surface area contributed by atoms with Crippen LogP contribution >= 0.6 is 28.1 Å². The van der Waals surface area contributed by atoms with Gasteiger partial charge in [-0.1, -0.05) is 6.07 Å². The first kappa shape index (κ1) is 21.3. The fourth-order valence-electron chi connectivity index (χ4n) is 2.15. The van der Waals surface area contributed by atoms with Crippen LogP contribution in [0.15, 0.2) is 46.9 Å². The number of carbonyl (C=O) groups is 1. The predicted molar refractivity (Wildman–Crippen MR) is 114 cm³/mol. The summed E-state index contributed by atoms with van der Waals surface area (Å²) >= 11 is 8.31. The molecule has 0 bridgehead atoms. The number of anilines is 1. The number of nitrogens with one attached hydrogen (secondary N) is 2. The van der Waals surface area contributed by atoms with Crippen molar-refractivity contribution in [1.82, 2.24) is 5.32 Å². The SMILES string of the molecule is COc1ccc(/C=C/C(=O)NC(=S)Nc2ccc([N+](=O)[O-])cc2Br)cc1OC. The summed E-state index contributed by atoms with van der Waals surface area (Å²) in [6.45, 7) is 0. The summed E-state index contributed by atoms with van der Waals surface area (Å²) in [4.78, 5) is 22.3. The number of carbonyl (C=O) groups excluding carboxylic acids is 1. The Bertz CT molecular complexity index is 949. The minimum Gasteiger partial charge on any atom is -0.493 e. The summed E-state index contributed by atoms with van der Waals surface area (Å²) in [7, 11) is 3.07. The lowest BCUT2D eigenvalue weighted by Gasteiger charge is -2.10. The van der Waals surface area contributed by atoms with Crippen molar-refractivity contribution < 1.29 is 19.2 Å². The average molecular weight is 466 g/mol. The molecular weight excluding hydrogens is 450 g/mol. The van der Waals surface area contributed by atoms with Crippen molar-refractivity contribution in [2.75, 3.05) is 19.5 Å². The zero-order chi connectivity index (χ0) is 20.7. The normalized spacial score (nSPS) is 10.4. The Morgan fingerprint density at radius 2 is 1.89 bits per heavy atom. The Morgan fingerprint density at radius 1 is 1.18 bits per heavy atom. The molecular formula is C18H16BrN3O5S. The molecule has 0 aliphatic rings. The minimum absolute atomic E-state index is 0.0523. The van der Waals surface area contributed by atoms with E-state index in [-0.39, 0.29) is 10.8 Å². The van der Waals surface area contributed by atoms with Crippen molar-refractivity contribution in [3.05, 3.63) is 62.6 Å². The van der Waals surface area contributed by atoms with E-state index in [9.17, 15) is 14.9 Å². The van der Waals surface area contributed by atoms with E-state index in [2.05, 4.69) is 26.6 Å². The Kier molecular flexibility index (Phi) is 7.47. The van der Waals surface area contributed by atoms with E-state index < -0.39 is 10.8 Å². The number of nitro benzene ring substituents is 1. The van der Waals surface area contributed by atoms with E-state index in [1.54, 1.807) is 24.3 Å². The molecule has 0 spiro atoms. The van der Waals surface area contributed by atoms with Crippen LogP contribution in [0.3, 0.4) is 0 Å². The number of thiocarbonyl (C=S) groups is 1. The zero-order valence-corrected chi connectivity index (χ0v) is 17.3. The van der Waals surface area contributed by atoms with E-state index >= 15 is 0 Å². The van der Waals surface area contributed by atoms with E-state index in [1.165, 1.54) is 38.5 Å². The molecule has 2 N–H and O–H groups in total. The molecule has 28 heavy (non-hydrogen) atoms. The third kappa shape index (κ3) is 5.76. The zero-order valence-electron chi connectivity index (χ0n) is 14.9. The smallest absolute Gasteiger partial charge is 0.270 e. The molecule has 2 aromatic carbocycles. The number of halogens is 1. The number of hydrogen-bond acceptors (Lipinski definition) is 6. The van der Waals surface area contributed by atoms with Gasteiger partial charge in [0, 0.05) is 22.7 Å². The van der Waals surface area contributed by atoms with Gasteiger partial charge in [0.1, 0.15) is 0 Å². The summed E-state index contributed by atoms with van der Waals surface area (Å²) in [6, 6.07) is 9.38. The van der Waals surface area contributed by atoms with Gasteiger partial charge in [-0.05, 0) is 58.0 Å². The van der Waals surface area contributed by atoms with E-state index in [0.717, 1.165) is 5.56 Å². The highest BCUT2D eigenvalue weighted by molar-refractivity contribution is 9.10. The molecule has 0 aliphatic carbocycles. The topological polar surface area (TPSA) is 103 Å². The van der Waals surface area contributed by atoms with Gasteiger partial charge in [0.2, 0.25) is 5.91 Å². The Labute approximate surface area is 174 Å². The molecule has 8 nitrogen and oxygen atoms in total. The maximum Gasteiger partial charge on any atom is 0.270 e. The van der Waals surface area contributed by atoms with Crippen LogP contribution < -0.4 is 20.1 Å². The van der Waals surface area contributed by atoms with Crippen LogP contribution in [0.1, 0.15) is 5.56 Å². The van der Waals surface area contributed by atoms with Crippen molar-refractivity contribution >= 4 is 56.6 Å². The molecule has 0 saturated heterocycles. The maximum atomic E-state index is 12.0. The standard InChI is InChI=1S/C18H16BrN3O5S/c1-26-15-7-3-11(9-16(15)27-2)4-8-17(23)21-18(28)20-14-6-5-12(22(24)25)10-13(14)19/h3-10H,1-2H3,(H2,20,21,23,28)/b8-4+. The number of hydrogen-bond donors (Lipinski definition) is 2. The van der Waals surface area contributed by atoms with Gasteiger partial charge in [0.15, 0.2) is 16.6 Å². The van der Waals surface area contributed by atoms with E-state index in [1.807, 2.05) is 0 Å². The number of amides is 1. The fraction of sp³-hybridized carbons (Fsp3) is 0.111. The Hall–Kier alpha value is -2.98. The molecule has 0 heterocycles. The van der Waals surface area contributed by atoms with Crippen LogP contribution in [0.25, 0.3) is 6.08 Å². The number of rotatable bonds is 6. The van der Waals surface area contributed by atoms with Crippen LogP contribution in [-0.2, 0) is 4.79 Å². The lowest BCUT2D eigenvalue weighted by molar-refractivity contribution is -0.384. The molecule has 0 unspecified atom stereocenters. The van der Waals surface area contributed by atoms with Crippen LogP contribution in [0.5, 0.6) is 11.5 Å². The van der Waals surface area contributed by atoms with Crippen molar-refractivity contribution in [2.24, 2.45) is 0 Å². The van der Waals surface area contributed by atoms with Gasteiger partial charge in [-0.2, -0.15) is 0 Å². The van der Waals surface area contributed by atoms with E-state index in [4.69, 9.17) is 21.7 Å². The van der Waals surface area contributed by atoms with Crippen molar-refractivity contribution in [2.45, 2.75) is 0 Å². The van der Waals surface area contributed by atoms with Crippen LogP contribution in [-0.4, -0.2) is 30.2 Å². The average Bonchev–Trinajstić information content (AvgIpc) is 2.67. The number of non-ortho nitro benzene ring substituents is 1. The second kappa shape index (κ2) is 9.81. The third-order valence-electron chi connectivity index (χ3n) is 3.48. The quantitative estimate of drug-likeness (QED) is 0.288. The summed E-state index contributed by atoms with van der Waals surface area (Å²) in [5.41, 5.74) is 1.16. The molecule has 0 radical (unpaired) electrons. The molecule has 2 rings (SSSR count). The number of benzene rings is 2. The van der Waals surface area contributed by atoms with Crippen LogP contribution in [0.2, 0.25) is 0 Å². The third-order valence-corrected chi connectivity index (χ3v) is 4.34. The number of ether oxygens (including phenoxy) is 2. The molecule has 0 atom stereocenters. The van der Waals surface area contributed by atoms with Gasteiger partial charge < -0.3 is 14.8 Å². The minimum atomic E-state index is -0.506. The molecule has 1 amide bonds. The fourth-order valence-corrected chi connectivity index (χ4v) is 2.83. The first-order valence-electron chi connectivity index (χ1n) is 7.80. The number of nitro groups is 1. The molecule has 0 fully saturated rings. The van der Waals surface area contributed by atoms with Crippen molar-refractivity contribution in [3.63, 3.8) is 0 Å². The molecule has 0 aromatic heterocycles. The first-order chi connectivity index (χ1) is 13.3. The van der Waals surface area contributed by atoms with Gasteiger partial charge in [-0.25, -0.2) is 0 Å². The number of methoxy groups -OCH3 is 2. The molecule has 0 aliphatic heterocycles. The lowest BCUT2D eigenvalue weighted by Crippen LogP contribution is -2.32. The summed E-state index contributed by atoms with van der Waals surface area (Å²) < 4.78 is 10.8. The predicted octanol–water partition coefficient (Wildman–Crippen LogP) is 3.90. The highest BCUT2D eigenvalue weighted by atomic mass is 79.9. The molecule has 2 aromatic rings. The van der Waals surface area contributed by atoms with Gasteiger partial charge in [0.05, 0.1) is 24.8 Å². The Morgan fingerprint density at radius 3 is 2.50 bits per heavy atom. The van der Waals surface area contributed by atoms with Crippen LogP contribution in [0.4, 0.5) is 11.4 Å². The second-order valence-corrected chi connectivity index (χ2v) is 6.57. The lowest BCUT2D eigenvalue weighted by atomic mass is 10.2. The molecule has 146 valence electrons. The second-order valence-electron chi connectivity index (χ2n) is 5.31. The van der Waals surface area contributed by atoms with Crippen molar-refractivity contribution in [3.8, 4) is 11.5 Å². The summed E-state index contributed by atoms with van der Waals surface area (Å²) in [5, 5.41) is 16.1. The molecule has 0 saturated carbocycles. The van der Waals surface area contributed by atoms with Gasteiger partial charge >= 0.3 is 0 Å².